The van der Waals surface area contributed by atoms with E-state index >= 15 is 0 Å². The van der Waals surface area contributed by atoms with Gasteiger partial charge < -0.3 is 14.2 Å². The molecular formula is C60H110O6. The van der Waals surface area contributed by atoms with Crippen molar-refractivity contribution in [3.8, 4) is 0 Å². The van der Waals surface area contributed by atoms with Crippen LogP contribution in [0.25, 0.3) is 0 Å². The zero-order valence-electron chi connectivity index (χ0n) is 44.2. The third-order valence-electron chi connectivity index (χ3n) is 12.9. The van der Waals surface area contributed by atoms with E-state index in [1.807, 2.05) is 0 Å². The minimum atomic E-state index is -0.777. The summed E-state index contributed by atoms with van der Waals surface area (Å²) in [6, 6.07) is 0. The van der Waals surface area contributed by atoms with E-state index in [2.05, 4.69) is 57.2 Å². The normalized spacial score (nSPS) is 12.2. The molecule has 1 atom stereocenters. The van der Waals surface area contributed by atoms with Gasteiger partial charge in [0.1, 0.15) is 13.2 Å². The maximum Gasteiger partial charge on any atom is 0.306 e. The van der Waals surface area contributed by atoms with Gasteiger partial charge in [-0.15, -0.1) is 0 Å². The summed E-state index contributed by atoms with van der Waals surface area (Å²) < 4.78 is 16.9. The molecule has 66 heavy (non-hydrogen) atoms. The van der Waals surface area contributed by atoms with Gasteiger partial charge in [-0.3, -0.25) is 14.4 Å². The highest BCUT2D eigenvalue weighted by Gasteiger charge is 2.19. The van der Waals surface area contributed by atoms with Crippen LogP contribution in [0, 0.1) is 0 Å². The fraction of sp³-hybridized carbons (Fsp3) is 0.850. The van der Waals surface area contributed by atoms with Gasteiger partial charge in [0, 0.05) is 19.3 Å². The first-order valence-electron chi connectivity index (χ1n) is 29.0. The Morgan fingerprint density at radius 3 is 0.879 bits per heavy atom. The van der Waals surface area contributed by atoms with Crippen LogP contribution in [0.4, 0.5) is 0 Å². The van der Waals surface area contributed by atoms with E-state index in [4.69, 9.17) is 14.2 Å². The lowest BCUT2D eigenvalue weighted by Crippen LogP contribution is -2.30. The van der Waals surface area contributed by atoms with Crippen molar-refractivity contribution in [2.75, 3.05) is 13.2 Å². The molecule has 0 aromatic rings. The number of ether oxygens (including phenoxy) is 3. The molecule has 0 fully saturated rings. The van der Waals surface area contributed by atoms with Crippen molar-refractivity contribution in [2.24, 2.45) is 0 Å². The molecule has 0 aromatic carbocycles. The number of hydrogen-bond donors (Lipinski definition) is 0. The molecule has 0 saturated carbocycles. The van der Waals surface area contributed by atoms with Crippen LogP contribution in [-0.2, 0) is 28.6 Å². The summed E-state index contributed by atoms with van der Waals surface area (Å²) in [4.78, 5) is 38.1. The van der Waals surface area contributed by atoms with Crippen LogP contribution in [0.15, 0.2) is 36.5 Å². The molecule has 0 aromatic heterocycles. The topological polar surface area (TPSA) is 78.9 Å². The molecule has 0 spiro atoms. The average molecular weight is 928 g/mol. The van der Waals surface area contributed by atoms with Gasteiger partial charge in [-0.25, -0.2) is 0 Å². The number of carbonyl (C=O) groups excluding carboxylic acids is 3. The van der Waals surface area contributed by atoms with Gasteiger partial charge in [0.25, 0.3) is 0 Å². The maximum atomic E-state index is 12.9. The predicted molar refractivity (Wildman–Crippen MR) is 284 cm³/mol. The van der Waals surface area contributed by atoms with E-state index in [9.17, 15) is 14.4 Å². The van der Waals surface area contributed by atoms with Crippen molar-refractivity contribution in [3.05, 3.63) is 36.5 Å². The predicted octanol–water partition coefficient (Wildman–Crippen LogP) is 19.3. The van der Waals surface area contributed by atoms with E-state index in [1.54, 1.807) is 0 Å². The zero-order valence-corrected chi connectivity index (χ0v) is 44.2. The average Bonchev–Trinajstić information content (AvgIpc) is 3.31. The number of carbonyl (C=O) groups is 3. The van der Waals surface area contributed by atoms with Gasteiger partial charge in [-0.1, -0.05) is 269 Å². The van der Waals surface area contributed by atoms with Crippen molar-refractivity contribution in [1.29, 1.82) is 0 Å². The number of unbranched alkanes of at least 4 members (excludes halogenated alkanes) is 36. The van der Waals surface area contributed by atoms with Crippen LogP contribution in [0.3, 0.4) is 0 Å². The lowest BCUT2D eigenvalue weighted by molar-refractivity contribution is -0.167. The Bertz CT molecular complexity index is 1110. The molecule has 0 radical (unpaired) electrons. The van der Waals surface area contributed by atoms with Crippen molar-refractivity contribution < 1.29 is 28.6 Å². The Labute approximate surface area is 410 Å². The van der Waals surface area contributed by atoms with Gasteiger partial charge in [-0.05, 0) is 57.8 Å². The summed E-state index contributed by atoms with van der Waals surface area (Å²) in [5.74, 6) is -0.877. The quantitative estimate of drug-likeness (QED) is 0.0262. The second-order valence-corrected chi connectivity index (χ2v) is 19.6. The summed E-state index contributed by atoms with van der Waals surface area (Å²) in [7, 11) is 0. The molecule has 0 amide bonds. The smallest absolute Gasteiger partial charge is 0.306 e. The summed E-state index contributed by atoms with van der Waals surface area (Å²) in [5, 5.41) is 0. The lowest BCUT2D eigenvalue weighted by Gasteiger charge is -2.18. The maximum absolute atomic E-state index is 12.9. The fourth-order valence-electron chi connectivity index (χ4n) is 8.51. The molecule has 0 heterocycles. The molecule has 386 valence electrons. The summed E-state index contributed by atoms with van der Waals surface area (Å²) in [5.41, 5.74) is 0. The molecule has 0 bridgehead atoms. The van der Waals surface area contributed by atoms with Crippen molar-refractivity contribution in [1.82, 2.24) is 0 Å². The molecule has 0 aliphatic carbocycles. The van der Waals surface area contributed by atoms with Crippen molar-refractivity contribution in [2.45, 2.75) is 316 Å². The van der Waals surface area contributed by atoms with Crippen LogP contribution < -0.4 is 0 Å². The fourth-order valence-corrected chi connectivity index (χ4v) is 8.51. The third kappa shape index (κ3) is 52.6. The molecular weight excluding hydrogens is 817 g/mol. The zero-order chi connectivity index (χ0) is 47.9. The van der Waals surface area contributed by atoms with Gasteiger partial charge in [-0.2, -0.15) is 0 Å². The minimum absolute atomic E-state index is 0.0744. The Kier molecular flexibility index (Phi) is 53.2. The van der Waals surface area contributed by atoms with Crippen molar-refractivity contribution in [3.63, 3.8) is 0 Å². The van der Waals surface area contributed by atoms with E-state index in [-0.39, 0.29) is 31.1 Å². The molecule has 6 nitrogen and oxygen atoms in total. The summed E-state index contributed by atoms with van der Waals surface area (Å²) in [6.45, 7) is 6.64. The number of hydrogen-bond acceptors (Lipinski definition) is 6. The van der Waals surface area contributed by atoms with E-state index < -0.39 is 6.10 Å². The summed E-state index contributed by atoms with van der Waals surface area (Å²) >= 11 is 0. The second kappa shape index (κ2) is 55.2. The molecule has 0 aliphatic rings. The van der Waals surface area contributed by atoms with Gasteiger partial charge in [0.15, 0.2) is 6.10 Å². The lowest BCUT2D eigenvalue weighted by atomic mass is 10.0. The second-order valence-electron chi connectivity index (χ2n) is 19.6. The van der Waals surface area contributed by atoms with E-state index in [0.29, 0.717) is 19.3 Å². The van der Waals surface area contributed by atoms with Crippen LogP contribution in [0.1, 0.15) is 310 Å². The molecule has 0 saturated heterocycles. The minimum Gasteiger partial charge on any atom is -0.462 e. The first kappa shape index (κ1) is 63.6. The number of esters is 3. The standard InChI is InChI=1S/C60H110O6/c1-4-7-10-13-16-19-22-25-28-30-32-35-38-41-44-47-50-53-59(62)65-56-57(55-64-58(61)52-49-46-43-40-37-34-27-24-21-18-15-12-9-6-3)66-60(63)54-51-48-45-42-39-36-33-31-29-26-23-20-17-14-11-8-5-2/h16,19,25,28,32,35,57H,4-15,17-18,20-24,26-27,29-31,33-34,36-56H2,1-3H3/b19-16+,28-25+,35-32+/t57-/m1/s1. The number of allylic oxidation sites excluding steroid dienone is 6. The highest BCUT2D eigenvalue weighted by atomic mass is 16.6. The van der Waals surface area contributed by atoms with Crippen molar-refractivity contribution >= 4 is 17.9 Å². The molecule has 6 heteroatoms. The van der Waals surface area contributed by atoms with Crippen LogP contribution in [-0.4, -0.2) is 37.2 Å². The van der Waals surface area contributed by atoms with Crippen LogP contribution in [0.2, 0.25) is 0 Å². The third-order valence-corrected chi connectivity index (χ3v) is 12.9. The van der Waals surface area contributed by atoms with Gasteiger partial charge in [0.2, 0.25) is 0 Å². The molecule has 0 N–H and O–H groups in total. The molecule has 0 rings (SSSR count). The van der Waals surface area contributed by atoms with Gasteiger partial charge >= 0.3 is 17.9 Å². The summed E-state index contributed by atoms with van der Waals surface area (Å²) in [6.07, 6.45) is 65.6. The van der Waals surface area contributed by atoms with Gasteiger partial charge in [0.05, 0.1) is 0 Å². The van der Waals surface area contributed by atoms with E-state index in [1.165, 1.54) is 186 Å². The Morgan fingerprint density at radius 1 is 0.303 bits per heavy atom. The number of rotatable bonds is 53. The Morgan fingerprint density at radius 2 is 0.545 bits per heavy atom. The first-order chi connectivity index (χ1) is 32.5. The largest absolute Gasteiger partial charge is 0.462 e. The first-order valence-corrected chi connectivity index (χ1v) is 29.0. The molecule has 0 unspecified atom stereocenters. The highest BCUT2D eigenvalue weighted by molar-refractivity contribution is 5.71. The Hall–Kier alpha value is -2.37. The van der Waals surface area contributed by atoms with E-state index in [0.717, 1.165) is 83.5 Å². The highest BCUT2D eigenvalue weighted by Crippen LogP contribution is 2.17. The SMILES string of the molecule is CCCCC/C=C/C/C=C/C/C=C/CCCCCCC(=O)OC[C@@H](COC(=O)CCCCCCCCCCCCCCCC)OC(=O)CCCCCCCCCCCCCCCCCCC. The molecule has 0 aliphatic heterocycles. The monoisotopic (exact) mass is 927 g/mol. The van der Waals surface area contributed by atoms with Crippen LogP contribution >= 0.6 is 0 Å². The Balaban J connectivity index is 4.37. The van der Waals surface area contributed by atoms with Crippen LogP contribution in [0.5, 0.6) is 0 Å².